The minimum Gasteiger partial charge on any atom is -0.508 e. The molecule has 0 unspecified atom stereocenters. The first-order valence-electron chi connectivity index (χ1n) is 7.19. The van der Waals surface area contributed by atoms with E-state index in [1.165, 1.54) is 42.6 Å². The van der Waals surface area contributed by atoms with E-state index in [-0.39, 0.29) is 30.3 Å². The van der Waals surface area contributed by atoms with Gasteiger partial charge in [0.05, 0.1) is 6.21 Å². The summed E-state index contributed by atoms with van der Waals surface area (Å²) in [6.45, 7) is 0. The lowest BCUT2D eigenvalue weighted by atomic mass is 10.2. The Balaban J connectivity index is 1.71. The van der Waals surface area contributed by atoms with Gasteiger partial charge in [-0.15, -0.1) is 0 Å². The molecule has 24 heavy (non-hydrogen) atoms. The molecule has 3 N–H and O–H groups in total. The highest BCUT2D eigenvalue weighted by Gasteiger charge is 2.06. The standard InChI is InChI=1S/C17H16FN3O3/c18-13-3-5-14(6-4-13)20-16(23)9-10-17(24)21-19-11-12-1-7-15(22)8-2-12/h1-8,11,22H,9-10H2,(H,20,23)(H,21,24). The van der Waals surface area contributed by atoms with Gasteiger partial charge in [0.25, 0.3) is 0 Å². The number of benzene rings is 2. The summed E-state index contributed by atoms with van der Waals surface area (Å²) in [4.78, 5) is 23.3. The summed E-state index contributed by atoms with van der Waals surface area (Å²) in [6.07, 6.45) is 1.38. The first-order chi connectivity index (χ1) is 11.5. The van der Waals surface area contributed by atoms with Gasteiger partial charge in [-0.3, -0.25) is 9.59 Å². The number of amides is 2. The maximum Gasteiger partial charge on any atom is 0.240 e. The van der Waals surface area contributed by atoms with Crippen LogP contribution >= 0.6 is 0 Å². The van der Waals surface area contributed by atoms with Crippen molar-refractivity contribution in [1.82, 2.24) is 5.43 Å². The number of carbonyl (C=O) groups is 2. The first kappa shape index (κ1) is 17.1. The second kappa shape index (κ2) is 8.42. The van der Waals surface area contributed by atoms with Crippen LogP contribution < -0.4 is 10.7 Å². The van der Waals surface area contributed by atoms with E-state index >= 15 is 0 Å². The molecule has 2 rings (SSSR count). The Hall–Kier alpha value is -3.22. The number of phenols is 1. The van der Waals surface area contributed by atoms with Gasteiger partial charge in [0.2, 0.25) is 11.8 Å². The van der Waals surface area contributed by atoms with Crippen LogP contribution in [0.15, 0.2) is 53.6 Å². The van der Waals surface area contributed by atoms with Crippen LogP contribution in [0.3, 0.4) is 0 Å². The largest absolute Gasteiger partial charge is 0.508 e. The van der Waals surface area contributed by atoms with Gasteiger partial charge in [-0.05, 0) is 54.1 Å². The van der Waals surface area contributed by atoms with Gasteiger partial charge in [-0.25, -0.2) is 9.82 Å². The number of hydrogen-bond acceptors (Lipinski definition) is 4. The zero-order chi connectivity index (χ0) is 17.4. The molecule has 0 aliphatic rings. The highest BCUT2D eigenvalue weighted by Crippen LogP contribution is 2.09. The first-order valence-corrected chi connectivity index (χ1v) is 7.19. The van der Waals surface area contributed by atoms with Crippen molar-refractivity contribution in [1.29, 1.82) is 0 Å². The Morgan fingerprint density at radius 1 is 1.00 bits per heavy atom. The summed E-state index contributed by atoms with van der Waals surface area (Å²) < 4.78 is 12.7. The van der Waals surface area contributed by atoms with Gasteiger partial charge in [-0.2, -0.15) is 5.10 Å². The fraction of sp³-hybridized carbons (Fsp3) is 0.118. The maximum atomic E-state index is 12.7. The molecule has 0 aliphatic carbocycles. The number of phenolic OH excluding ortho intramolecular Hbond substituents is 1. The monoisotopic (exact) mass is 329 g/mol. The molecule has 0 saturated heterocycles. The van der Waals surface area contributed by atoms with Crippen LogP contribution in [0.4, 0.5) is 10.1 Å². The number of halogens is 1. The van der Waals surface area contributed by atoms with Crippen LogP contribution in [0.25, 0.3) is 0 Å². The molecule has 0 radical (unpaired) electrons. The smallest absolute Gasteiger partial charge is 0.240 e. The van der Waals surface area contributed by atoms with E-state index in [0.29, 0.717) is 11.3 Å². The van der Waals surface area contributed by atoms with E-state index in [1.54, 1.807) is 12.1 Å². The van der Waals surface area contributed by atoms with Crippen LogP contribution in [-0.2, 0) is 9.59 Å². The van der Waals surface area contributed by atoms with Gasteiger partial charge in [0.1, 0.15) is 11.6 Å². The summed E-state index contributed by atoms with van der Waals surface area (Å²) >= 11 is 0. The molecule has 2 aromatic carbocycles. The second-order valence-corrected chi connectivity index (χ2v) is 4.94. The van der Waals surface area contributed by atoms with Crippen molar-refractivity contribution in [2.45, 2.75) is 12.8 Å². The summed E-state index contributed by atoms with van der Waals surface area (Å²) in [5, 5.41) is 15.5. The minimum atomic E-state index is -0.403. The predicted molar refractivity (Wildman–Crippen MR) is 88.1 cm³/mol. The highest BCUT2D eigenvalue weighted by atomic mass is 19.1. The third kappa shape index (κ3) is 5.88. The quantitative estimate of drug-likeness (QED) is 0.561. The number of nitrogens with one attached hydrogen (secondary N) is 2. The van der Waals surface area contributed by atoms with Crippen LogP contribution in [0.1, 0.15) is 18.4 Å². The molecule has 124 valence electrons. The van der Waals surface area contributed by atoms with Crippen molar-refractivity contribution in [2.75, 3.05) is 5.32 Å². The number of rotatable bonds is 6. The van der Waals surface area contributed by atoms with Crippen molar-refractivity contribution in [2.24, 2.45) is 5.10 Å². The van der Waals surface area contributed by atoms with Gasteiger partial charge in [0.15, 0.2) is 0 Å². The molecule has 0 saturated carbocycles. The van der Waals surface area contributed by atoms with E-state index in [9.17, 15) is 14.0 Å². The Morgan fingerprint density at radius 2 is 1.62 bits per heavy atom. The summed E-state index contributed by atoms with van der Waals surface area (Å²) in [7, 11) is 0. The molecule has 0 heterocycles. The average molecular weight is 329 g/mol. The van der Waals surface area contributed by atoms with Crippen LogP contribution in [0.2, 0.25) is 0 Å². The van der Waals surface area contributed by atoms with E-state index in [1.807, 2.05) is 0 Å². The second-order valence-electron chi connectivity index (χ2n) is 4.94. The molecule has 0 atom stereocenters. The Bertz CT molecular complexity index is 728. The SMILES string of the molecule is O=C(CCC(=O)Nc1ccc(F)cc1)NN=Cc1ccc(O)cc1. The van der Waals surface area contributed by atoms with Gasteiger partial charge in [-0.1, -0.05) is 0 Å². The molecular weight excluding hydrogens is 313 g/mol. The van der Waals surface area contributed by atoms with Crippen LogP contribution in [-0.4, -0.2) is 23.1 Å². The molecule has 2 amide bonds. The van der Waals surface area contributed by atoms with E-state index in [4.69, 9.17) is 5.11 Å². The molecule has 0 spiro atoms. The highest BCUT2D eigenvalue weighted by molar-refractivity contribution is 5.93. The lowest BCUT2D eigenvalue weighted by Crippen LogP contribution is -2.20. The number of anilines is 1. The number of nitrogens with zero attached hydrogens (tertiary/aromatic N) is 1. The van der Waals surface area contributed by atoms with Gasteiger partial charge >= 0.3 is 0 Å². The molecule has 2 aromatic rings. The average Bonchev–Trinajstić information content (AvgIpc) is 2.57. The van der Waals surface area contributed by atoms with Crippen molar-refractivity contribution < 1.29 is 19.1 Å². The Kier molecular flexibility index (Phi) is 6.01. The fourth-order valence-corrected chi connectivity index (χ4v) is 1.78. The van der Waals surface area contributed by atoms with E-state index in [2.05, 4.69) is 15.8 Å². The lowest BCUT2D eigenvalue weighted by molar-refractivity contribution is -0.124. The Morgan fingerprint density at radius 3 is 2.29 bits per heavy atom. The fourth-order valence-electron chi connectivity index (χ4n) is 1.78. The molecule has 0 fully saturated rings. The number of hydrazone groups is 1. The topological polar surface area (TPSA) is 90.8 Å². The molecule has 0 aliphatic heterocycles. The normalized spacial score (nSPS) is 10.5. The van der Waals surface area contributed by atoms with Gasteiger partial charge < -0.3 is 10.4 Å². The Labute approximate surface area is 138 Å². The zero-order valence-corrected chi connectivity index (χ0v) is 12.7. The van der Waals surface area contributed by atoms with Crippen molar-refractivity contribution >= 4 is 23.7 Å². The predicted octanol–water partition coefficient (Wildman–Crippen LogP) is 2.40. The van der Waals surface area contributed by atoms with Crippen molar-refractivity contribution in [3.05, 3.63) is 59.9 Å². The number of aromatic hydroxyl groups is 1. The summed E-state index contributed by atoms with van der Waals surface area (Å²) in [5.41, 5.74) is 3.49. The summed E-state index contributed by atoms with van der Waals surface area (Å²) in [6, 6.07) is 11.6. The third-order valence-electron chi connectivity index (χ3n) is 3.00. The van der Waals surface area contributed by atoms with E-state index in [0.717, 1.165) is 0 Å². The van der Waals surface area contributed by atoms with Crippen molar-refractivity contribution in [3.63, 3.8) is 0 Å². The molecule has 0 aromatic heterocycles. The maximum absolute atomic E-state index is 12.7. The number of hydrogen-bond donors (Lipinski definition) is 3. The van der Waals surface area contributed by atoms with E-state index < -0.39 is 5.91 Å². The van der Waals surface area contributed by atoms with Crippen molar-refractivity contribution in [3.8, 4) is 5.75 Å². The molecule has 7 heteroatoms. The number of carbonyl (C=O) groups excluding carboxylic acids is 2. The van der Waals surface area contributed by atoms with Crippen LogP contribution in [0, 0.1) is 5.82 Å². The summed E-state index contributed by atoms with van der Waals surface area (Å²) in [5.74, 6) is -0.999. The third-order valence-corrected chi connectivity index (χ3v) is 3.00. The van der Waals surface area contributed by atoms with Crippen LogP contribution in [0.5, 0.6) is 5.75 Å². The molecule has 0 bridgehead atoms. The minimum absolute atomic E-state index is 0.0159. The lowest BCUT2D eigenvalue weighted by Gasteiger charge is -2.04. The molecule has 6 nitrogen and oxygen atoms in total. The van der Waals surface area contributed by atoms with Gasteiger partial charge in [0, 0.05) is 18.5 Å². The zero-order valence-electron chi connectivity index (χ0n) is 12.7. The molecular formula is C17H16FN3O3.